The Morgan fingerprint density at radius 3 is 2.24 bits per heavy atom. The summed E-state index contributed by atoms with van der Waals surface area (Å²) < 4.78 is 25.7. The Hall–Kier alpha value is -2.96. The number of benzene rings is 1. The molecule has 0 radical (unpaired) electrons. The molecule has 0 aliphatic rings. The Labute approximate surface area is 117 Å². The Kier molecular flexibility index (Phi) is 4.13. The number of hydrogen-bond donors (Lipinski definition) is 3. The number of urea groups is 1. The van der Waals surface area contributed by atoms with Crippen LogP contribution in [0.2, 0.25) is 0 Å². The van der Waals surface area contributed by atoms with Crippen molar-refractivity contribution in [2.45, 2.75) is 0 Å². The van der Waals surface area contributed by atoms with Crippen LogP contribution in [-0.4, -0.2) is 11.1 Å². The van der Waals surface area contributed by atoms with E-state index < -0.39 is 28.8 Å². The molecule has 21 heavy (non-hydrogen) atoms. The Morgan fingerprint density at radius 2 is 1.52 bits per heavy atom. The highest BCUT2D eigenvalue weighted by Gasteiger charge is 2.06. The first-order valence-corrected chi connectivity index (χ1v) is 5.82. The van der Waals surface area contributed by atoms with Gasteiger partial charge in [0.2, 0.25) is 5.43 Å². The summed E-state index contributed by atoms with van der Waals surface area (Å²) in [7, 11) is 0. The van der Waals surface area contributed by atoms with Gasteiger partial charge in [0.1, 0.15) is 0 Å². The molecule has 2 rings (SSSR count). The molecule has 2 aromatic carbocycles. The first-order chi connectivity index (χ1) is 9.95. The fourth-order valence-electron chi connectivity index (χ4n) is 1.51. The van der Waals surface area contributed by atoms with Gasteiger partial charge in [0.05, 0.1) is 0 Å². The van der Waals surface area contributed by atoms with E-state index in [1.54, 1.807) is 0 Å². The van der Waals surface area contributed by atoms with E-state index in [0.717, 1.165) is 24.3 Å². The lowest BCUT2D eigenvalue weighted by Gasteiger charge is -2.06. The van der Waals surface area contributed by atoms with Crippen LogP contribution < -0.4 is 16.1 Å². The lowest BCUT2D eigenvalue weighted by molar-refractivity contribution is 0.262. The summed E-state index contributed by atoms with van der Waals surface area (Å²) in [6.07, 6.45) is 0. The van der Waals surface area contributed by atoms with Crippen LogP contribution in [0.25, 0.3) is 0 Å². The number of rotatable bonds is 2. The Morgan fingerprint density at radius 1 is 0.905 bits per heavy atom. The molecule has 2 amide bonds. The minimum atomic E-state index is -1.08. The van der Waals surface area contributed by atoms with Crippen LogP contribution in [-0.2, 0) is 0 Å². The third-order valence-electron chi connectivity index (χ3n) is 2.52. The SMILES string of the molecule is O=C(Nc1ccc(O)c(=O)cc1)Nc1ccc(F)c(F)c1. The maximum atomic E-state index is 13.0. The van der Waals surface area contributed by atoms with Crippen molar-refractivity contribution in [1.29, 1.82) is 0 Å². The molecule has 0 bridgehead atoms. The molecule has 0 unspecified atom stereocenters. The second kappa shape index (κ2) is 6.00. The van der Waals surface area contributed by atoms with Crippen LogP contribution in [0.1, 0.15) is 0 Å². The van der Waals surface area contributed by atoms with E-state index in [4.69, 9.17) is 0 Å². The van der Waals surface area contributed by atoms with Crippen molar-refractivity contribution in [3.8, 4) is 5.75 Å². The average Bonchev–Trinajstić information content (AvgIpc) is 2.58. The van der Waals surface area contributed by atoms with Gasteiger partial charge in [-0.1, -0.05) is 0 Å². The van der Waals surface area contributed by atoms with E-state index in [2.05, 4.69) is 10.6 Å². The summed E-state index contributed by atoms with van der Waals surface area (Å²) in [4.78, 5) is 22.8. The number of amides is 2. The summed E-state index contributed by atoms with van der Waals surface area (Å²) in [6.45, 7) is 0. The first kappa shape index (κ1) is 14.4. The molecule has 108 valence electrons. The molecule has 0 fully saturated rings. The maximum absolute atomic E-state index is 13.0. The minimum Gasteiger partial charge on any atom is -0.504 e. The summed E-state index contributed by atoms with van der Waals surface area (Å²) in [5.41, 5.74) is -0.282. The van der Waals surface area contributed by atoms with E-state index in [1.807, 2.05) is 0 Å². The second-order valence-corrected chi connectivity index (χ2v) is 4.08. The van der Waals surface area contributed by atoms with Gasteiger partial charge >= 0.3 is 6.03 Å². The van der Waals surface area contributed by atoms with E-state index in [9.17, 15) is 23.5 Å². The lowest BCUT2D eigenvalue weighted by Crippen LogP contribution is -2.19. The fraction of sp³-hybridized carbons (Fsp3) is 0. The standard InChI is InChI=1S/C14H10F2N2O3/c15-10-4-1-9(7-11(10)16)18-14(21)17-8-2-5-12(19)13(20)6-3-8/h1-7H,(H,19,20)(H2,17,18,21). The molecule has 3 N–H and O–H groups in total. The lowest BCUT2D eigenvalue weighted by atomic mass is 10.3. The number of aromatic hydroxyl groups is 1. The second-order valence-electron chi connectivity index (χ2n) is 4.08. The van der Waals surface area contributed by atoms with E-state index in [0.29, 0.717) is 0 Å². The molecule has 0 heterocycles. The summed E-state index contributed by atoms with van der Waals surface area (Å²) in [5.74, 6) is -2.56. The number of hydrogen-bond acceptors (Lipinski definition) is 3. The highest BCUT2D eigenvalue weighted by Crippen LogP contribution is 2.14. The maximum Gasteiger partial charge on any atom is 0.323 e. The van der Waals surface area contributed by atoms with Crippen LogP contribution in [0.15, 0.2) is 47.3 Å². The Bertz CT molecular complexity index is 750. The number of halogens is 2. The molecule has 0 aliphatic heterocycles. The predicted octanol–water partition coefficient (Wildman–Crippen LogP) is 2.67. The smallest absolute Gasteiger partial charge is 0.323 e. The van der Waals surface area contributed by atoms with Crippen molar-refractivity contribution >= 4 is 17.4 Å². The summed E-state index contributed by atoms with van der Waals surface area (Å²) in [6, 6.07) is 7.05. The molecule has 0 aromatic heterocycles. The van der Waals surface area contributed by atoms with Gasteiger partial charge in [-0.2, -0.15) is 0 Å². The van der Waals surface area contributed by atoms with Crippen LogP contribution >= 0.6 is 0 Å². The van der Waals surface area contributed by atoms with Crippen LogP contribution in [0.3, 0.4) is 0 Å². The minimum absolute atomic E-state index is 0.0686. The summed E-state index contributed by atoms with van der Waals surface area (Å²) >= 11 is 0. The molecule has 5 nitrogen and oxygen atoms in total. The van der Waals surface area contributed by atoms with E-state index in [-0.39, 0.29) is 11.4 Å². The van der Waals surface area contributed by atoms with Crippen molar-refractivity contribution in [1.82, 2.24) is 0 Å². The Balaban J connectivity index is 2.10. The monoisotopic (exact) mass is 292 g/mol. The highest BCUT2D eigenvalue weighted by molar-refractivity contribution is 5.99. The van der Waals surface area contributed by atoms with Crippen molar-refractivity contribution in [2.24, 2.45) is 0 Å². The van der Waals surface area contributed by atoms with Gasteiger partial charge in [-0.3, -0.25) is 4.79 Å². The molecular formula is C14H10F2N2O3. The van der Waals surface area contributed by atoms with E-state index >= 15 is 0 Å². The average molecular weight is 292 g/mol. The fourth-order valence-corrected chi connectivity index (χ4v) is 1.51. The zero-order valence-corrected chi connectivity index (χ0v) is 10.6. The number of nitrogens with one attached hydrogen (secondary N) is 2. The predicted molar refractivity (Wildman–Crippen MR) is 73.4 cm³/mol. The topological polar surface area (TPSA) is 78.4 Å². The molecule has 0 saturated carbocycles. The quantitative estimate of drug-likeness (QED) is 0.796. The van der Waals surface area contributed by atoms with Gasteiger partial charge < -0.3 is 15.7 Å². The molecule has 0 atom stereocenters. The van der Waals surface area contributed by atoms with Crippen molar-refractivity contribution in [3.63, 3.8) is 0 Å². The number of carbonyl (C=O) groups excluding carboxylic acids is 1. The molecular weight excluding hydrogens is 282 g/mol. The number of anilines is 2. The van der Waals surface area contributed by atoms with Crippen LogP contribution in [0, 0.1) is 11.6 Å². The largest absolute Gasteiger partial charge is 0.504 e. The number of carbonyl (C=O) groups is 1. The van der Waals surface area contributed by atoms with Crippen molar-refractivity contribution in [3.05, 3.63) is 64.3 Å². The van der Waals surface area contributed by atoms with Gasteiger partial charge in [0.25, 0.3) is 0 Å². The molecule has 0 aliphatic carbocycles. The zero-order valence-electron chi connectivity index (χ0n) is 10.6. The van der Waals surface area contributed by atoms with Crippen molar-refractivity contribution < 1.29 is 18.7 Å². The third kappa shape index (κ3) is 3.75. The molecule has 7 heteroatoms. The molecule has 0 spiro atoms. The molecule has 2 aromatic rings. The van der Waals surface area contributed by atoms with E-state index in [1.165, 1.54) is 18.2 Å². The van der Waals surface area contributed by atoms with Gasteiger partial charge in [-0.05, 0) is 36.4 Å². The normalized spacial score (nSPS) is 10.0. The zero-order chi connectivity index (χ0) is 15.4. The van der Waals surface area contributed by atoms with Crippen molar-refractivity contribution in [2.75, 3.05) is 10.6 Å². The molecule has 0 saturated heterocycles. The van der Waals surface area contributed by atoms with Crippen LogP contribution in [0.5, 0.6) is 5.75 Å². The first-order valence-electron chi connectivity index (χ1n) is 5.82. The van der Waals surface area contributed by atoms with Crippen LogP contribution in [0.4, 0.5) is 25.0 Å². The van der Waals surface area contributed by atoms with Gasteiger partial charge in [-0.25, -0.2) is 13.6 Å². The van der Waals surface area contributed by atoms with Gasteiger partial charge in [-0.15, -0.1) is 0 Å². The highest BCUT2D eigenvalue weighted by atomic mass is 19.2. The third-order valence-corrected chi connectivity index (χ3v) is 2.52. The summed E-state index contributed by atoms with van der Waals surface area (Å²) in [5, 5.41) is 13.9. The van der Waals surface area contributed by atoms with Gasteiger partial charge in [0.15, 0.2) is 17.4 Å². The van der Waals surface area contributed by atoms with Gasteiger partial charge in [0, 0.05) is 17.4 Å².